The molecule has 74 valence electrons. The molecule has 0 heterocycles. The number of rotatable bonds is 5. The fourth-order valence-corrected chi connectivity index (χ4v) is 0.629. The predicted molar refractivity (Wildman–Crippen MR) is 31.4 cm³/mol. The van der Waals surface area contributed by atoms with Gasteiger partial charge in [0.05, 0.1) is 12.4 Å². The highest BCUT2D eigenvalue weighted by molar-refractivity contribution is 5.72. The number of carboxylic acids is 2. The van der Waals surface area contributed by atoms with Crippen molar-refractivity contribution in [1.82, 2.24) is 0 Å². The molecule has 2 atom stereocenters. The first-order valence-electron chi connectivity index (χ1n) is 3.08. The number of aliphatic carboxylic acids is 2. The van der Waals surface area contributed by atoms with Crippen molar-refractivity contribution in [2.75, 3.05) is 0 Å². The molecule has 0 aromatic heterocycles. The number of carbonyl (C=O) groups is 2. The van der Waals surface area contributed by atoms with Gasteiger partial charge < -0.3 is 24.9 Å². The zero-order valence-corrected chi connectivity index (χ0v) is 6.21. The van der Waals surface area contributed by atoms with E-state index in [2.05, 4.69) is 0 Å². The van der Waals surface area contributed by atoms with E-state index in [1.165, 1.54) is 0 Å². The Hall–Kier alpha value is -1.70. The third kappa shape index (κ3) is 3.47. The van der Waals surface area contributed by atoms with Crippen molar-refractivity contribution in [3.8, 4) is 0 Å². The second kappa shape index (κ2) is 4.36. The summed E-state index contributed by atoms with van der Waals surface area (Å²) >= 11 is 0. The summed E-state index contributed by atoms with van der Waals surface area (Å²) in [4.78, 5) is 28.7. The van der Waals surface area contributed by atoms with Gasteiger partial charge in [-0.05, 0) is 0 Å². The van der Waals surface area contributed by atoms with Crippen LogP contribution in [0.15, 0.2) is 0 Å². The fourth-order valence-electron chi connectivity index (χ4n) is 0.629. The van der Waals surface area contributed by atoms with E-state index in [4.69, 9.17) is 5.11 Å². The van der Waals surface area contributed by atoms with Crippen LogP contribution in [0.3, 0.4) is 0 Å². The van der Waals surface area contributed by atoms with E-state index in [1.54, 1.807) is 0 Å². The summed E-state index contributed by atoms with van der Waals surface area (Å²) in [6, 6.07) is -2.14. The van der Waals surface area contributed by atoms with Crippen molar-refractivity contribution in [3.63, 3.8) is 0 Å². The van der Waals surface area contributed by atoms with E-state index >= 15 is 0 Å². The minimum absolute atomic E-state index is 1.18. The van der Waals surface area contributed by atoms with Crippen LogP contribution in [0.2, 0.25) is 0 Å². The van der Waals surface area contributed by atoms with Crippen molar-refractivity contribution in [2.24, 2.45) is 0 Å². The largest absolute Gasteiger partial charge is 0.550 e. The highest BCUT2D eigenvalue weighted by Gasteiger charge is 2.30. The molecule has 0 amide bonds. The standard InChI is InChI=1S/C5H7NO7/c7-3(8)1-2(6(12)13)4(9)5(10)11/h2,4,9H,1H2,(H,7,8)(H,10,11)/p-2. The lowest BCUT2D eigenvalue weighted by Crippen LogP contribution is -2.48. The van der Waals surface area contributed by atoms with Gasteiger partial charge >= 0.3 is 0 Å². The predicted octanol–water partition coefficient (Wildman–Crippen LogP) is -4.12. The van der Waals surface area contributed by atoms with E-state index in [-0.39, 0.29) is 0 Å². The number of aliphatic hydroxyl groups is 1. The molecule has 8 nitrogen and oxygen atoms in total. The second-order valence-corrected chi connectivity index (χ2v) is 2.19. The van der Waals surface area contributed by atoms with E-state index < -0.39 is 35.4 Å². The van der Waals surface area contributed by atoms with Crippen molar-refractivity contribution in [1.29, 1.82) is 0 Å². The molecule has 0 aliphatic carbocycles. The van der Waals surface area contributed by atoms with Crippen molar-refractivity contribution in [2.45, 2.75) is 18.6 Å². The Kier molecular flexibility index (Phi) is 3.79. The zero-order valence-electron chi connectivity index (χ0n) is 6.21. The normalized spacial score (nSPS) is 14.5. The highest BCUT2D eigenvalue weighted by atomic mass is 16.6. The van der Waals surface area contributed by atoms with Gasteiger partial charge in [0.2, 0.25) is 6.04 Å². The first kappa shape index (κ1) is 11.3. The maximum absolute atomic E-state index is 10.0. The molecule has 0 aliphatic heterocycles. The first-order valence-corrected chi connectivity index (χ1v) is 3.08. The molecular formula is C5H5NO7-2. The summed E-state index contributed by atoms with van der Waals surface area (Å²) in [5, 5.41) is 38.5. The Morgan fingerprint density at radius 3 is 2.08 bits per heavy atom. The molecule has 2 unspecified atom stereocenters. The Bertz CT molecular complexity index is 237. The number of carboxylic acid groups (broad SMARTS) is 2. The van der Waals surface area contributed by atoms with Crippen LogP contribution >= 0.6 is 0 Å². The Balaban J connectivity index is 4.51. The summed E-state index contributed by atoms with van der Waals surface area (Å²) < 4.78 is 0. The molecule has 0 bridgehead atoms. The molecule has 8 heteroatoms. The van der Waals surface area contributed by atoms with Crippen LogP contribution in [-0.2, 0) is 9.59 Å². The maximum atomic E-state index is 10.0. The van der Waals surface area contributed by atoms with Crippen LogP contribution in [0.25, 0.3) is 0 Å². The molecule has 0 aliphatic rings. The fraction of sp³-hybridized carbons (Fsp3) is 0.600. The average Bonchev–Trinajstić information content (AvgIpc) is 1.97. The molecule has 0 saturated carbocycles. The van der Waals surface area contributed by atoms with Gasteiger partial charge in [-0.3, -0.25) is 10.1 Å². The summed E-state index contributed by atoms with van der Waals surface area (Å²) in [7, 11) is 0. The molecule has 0 radical (unpaired) electrons. The molecule has 13 heavy (non-hydrogen) atoms. The number of hydrogen-bond donors (Lipinski definition) is 1. The van der Waals surface area contributed by atoms with Gasteiger partial charge in [0.25, 0.3) is 0 Å². The minimum atomic E-state index is -2.45. The topological polar surface area (TPSA) is 144 Å². The quantitative estimate of drug-likeness (QED) is 0.343. The summed E-state index contributed by atoms with van der Waals surface area (Å²) in [6.07, 6.45) is -3.63. The van der Waals surface area contributed by atoms with Crippen molar-refractivity contribution < 1.29 is 29.8 Å². The van der Waals surface area contributed by atoms with Gasteiger partial charge in [-0.15, -0.1) is 0 Å². The van der Waals surface area contributed by atoms with Gasteiger partial charge in [0.1, 0.15) is 0 Å². The van der Waals surface area contributed by atoms with Crippen molar-refractivity contribution in [3.05, 3.63) is 10.1 Å². The SMILES string of the molecule is O=C([O-])CC(C(O)C(=O)[O-])[N+](=O)[O-]. The van der Waals surface area contributed by atoms with Crippen LogP contribution < -0.4 is 10.2 Å². The number of carbonyl (C=O) groups excluding carboxylic acids is 2. The number of aliphatic hydroxyl groups excluding tert-OH is 1. The van der Waals surface area contributed by atoms with Crippen LogP contribution in [0.1, 0.15) is 6.42 Å². The molecule has 1 N–H and O–H groups in total. The lowest BCUT2D eigenvalue weighted by molar-refractivity contribution is -0.535. The third-order valence-electron chi connectivity index (χ3n) is 1.25. The zero-order chi connectivity index (χ0) is 10.6. The smallest absolute Gasteiger partial charge is 0.249 e. The number of nitrogens with zero attached hydrogens (tertiary/aromatic N) is 1. The van der Waals surface area contributed by atoms with Gasteiger partial charge in [0, 0.05) is 10.9 Å². The van der Waals surface area contributed by atoms with Gasteiger partial charge in [-0.25, -0.2) is 0 Å². The molecule has 0 aromatic carbocycles. The van der Waals surface area contributed by atoms with Crippen LogP contribution in [0.4, 0.5) is 0 Å². The average molecular weight is 191 g/mol. The summed E-state index contributed by atoms with van der Waals surface area (Å²) in [6.45, 7) is 0. The second-order valence-electron chi connectivity index (χ2n) is 2.19. The first-order chi connectivity index (χ1) is 5.86. The lowest BCUT2D eigenvalue weighted by atomic mass is 10.1. The minimum Gasteiger partial charge on any atom is -0.550 e. The van der Waals surface area contributed by atoms with Gasteiger partial charge in [-0.2, -0.15) is 0 Å². The monoisotopic (exact) mass is 191 g/mol. The Morgan fingerprint density at radius 2 is 1.85 bits per heavy atom. The van der Waals surface area contributed by atoms with Gasteiger partial charge in [-0.1, -0.05) is 0 Å². The van der Waals surface area contributed by atoms with Crippen LogP contribution in [0, 0.1) is 10.1 Å². The number of hydrogen-bond acceptors (Lipinski definition) is 7. The maximum Gasteiger partial charge on any atom is 0.249 e. The third-order valence-corrected chi connectivity index (χ3v) is 1.25. The van der Waals surface area contributed by atoms with E-state index in [0.29, 0.717) is 0 Å². The van der Waals surface area contributed by atoms with Crippen molar-refractivity contribution >= 4 is 11.9 Å². The molecule has 0 saturated heterocycles. The molecule has 0 spiro atoms. The van der Waals surface area contributed by atoms with Crippen LogP contribution in [0.5, 0.6) is 0 Å². The highest BCUT2D eigenvalue weighted by Crippen LogP contribution is 2.02. The molecule has 0 fully saturated rings. The van der Waals surface area contributed by atoms with E-state index in [9.17, 15) is 29.9 Å². The van der Waals surface area contributed by atoms with E-state index in [0.717, 1.165) is 0 Å². The number of nitro groups is 1. The van der Waals surface area contributed by atoms with Gasteiger partial charge in [0.15, 0.2) is 6.10 Å². The summed E-state index contributed by atoms with van der Waals surface area (Å²) in [5.41, 5.74) is 0. The molecular weight excluding hydrogens is 186 g/mol. The summed E-state index contributed by atoms with van der Waals surface area (Å²) in [5.74, 6) is -3.91. The lowest BCUT2D eigenvalue weighted by Gasteiger charge is -2.16. The Morgan fingerprint density at radius 1 is 1.38 bits per heavy atom. The molecule has 0 rings (SSSR count). The molecule has 0 aromatic rings. The Labute approximate surface area is 71.6 Å². The van der Waals surface area contributed by atoms with Crippen LogP contribution in [-0.4, -0.2) is 34.1 Å². The van der Waals surface area contributed by atoms with E-state index in [1.807, 2.05) is 0 Å².